The van der Waals surface area contributed by atoms with Crippen molar-refractivity contribution in [1.82, 2.24) is 4.90 Å². The highest BCUT2D eigenvalue weighted by molar-refractivity contribution is 9.10. The maximum atomic E-state index is 5.95. The first kappa shape index (κ1) is 15.2. The second kappa shape index (κ2) is 6.60. The van der Waals surface area contributed by atoms with E-state index in [4.69, 9.17) is 22.7 Å². The molecule has 3 rings (SSSR count). The van der Waals surface area contributed by atoms with Crippen molar-refractivity contribution in [1.29, 1.82) is 0 Å². The number of hydrogen-bond acceptors (Lipinski definition) is 4. The SMILES string of the molecule is NC(=S)c1ccc(NCC2CN3CCCC3CO2)cc1Br. The molecular formula is C15H20BrN3OS. The molecule has 2 saturated heterocycles. The van der Waals surface area contributed by atoms with E-state index in [1.807, 2.05) is 18.2 Å². The highest BCUT2D eigenvalue weighted by atomic mass is 79.9. The number of anilines is 1. The lowest BCUT2D eigenvalue weighted by molar-refractivity contribution is -0.0415. The lowest BCUT2D eigenvalue weighted by atomic mass is 10.1. The van der Waals surface area contributed by atoms with Crippen LogP contribution in [0.3, 0.4) is 0 Å². The van der Waals surface area contributed by atoms with E-state index in [1.165, 1.54) is 19.4 Å². The summed E-state index contributed by atoms with van der Waals surface area (Å²) in [5, 5.41) is 3.44. The summed E-state index contributed by atoms with van der Waals surface area (Å²) in [5.74, 6) is 0. The number of nitrogens with zero attached hydrogens (tertiary/aromatic N) is 1. The Labute approximate surface area is 139 Å². The van der Waals surface area contributed by atoms with Gasteiger partial charge in [0.1, 0.15) is 4.99 Å². The van der Waals surface area contributed by atoms with E-state index in [-0.39, 0.29) is 6.10 Å². The fourth-order valence-corrected chi connectivity index (χ4v) is 3.97. The van der Waals surface area contributed by atoms with Crippen molar-refractivity contribution in [2.75, 3.05) is 31.6 Å². The summed E-state index contributed by atoms with van der Waals surface area (Å²) in [4.78, 5) is 2.96. The van der Waals surface area contributed by atoms with Crippen LogP contribution in [0.2, 0.25) is 0 Å². The van der Waals surface area contributed by atoms with Crippen LogP contribution in [-0.4, -0.2) is 48.3 Å². The summed E-state index contributed by atoms with van der Waals surface area (Å²) in [7, 11) is 0. The minimum absolute atomic E-state index is 0.258. The zero-order valence-electron chi connectivity index (χ0n) is 11.8. The number of morpholine rings is 1. The van der Waals surface area contributed by atoms with Gasteiger partial charge in [0, 0.05) is 34.9 Å². The van der Waals surface area contributed by atoms with Crippen molar-refractivity contribution >= 4 is 38.8 Å². The number of benzene rings is 1. The second-order valence-corrected chi connectivity index (χ2v) is 6.98. The normalized spacial score (nSPS) is 25.6. The van der Waals surface area contributed by atoms with Crippen LogP contribution in [0.25, 0.3) is 0 Å². The Bertz CT molecular complexity index is 540. The van der Waals surface area contributed by atoms with E-state index >= 15 is 0 Å². The van der Waals surface area contributed by atoms with Gasteiger partial charge in [-0.3, -0.25) is 4.90 Å². The molecule has 0 saturated carbocycles. The van der Waals surface area contributed by atoms with Crippen molar-refractivity contribution in [3.63, 3.8) is 0 Å². The monoisotopic (exact) mass is 369 g/mol. The second-order valence-electron chi connectivity index (χ2n) is 5.69. The van der Waals surface area contributed by atoms with E-state index in [9.17, 15) is 0 Å². The minimum Gasteiger partial charge on any atom is -0.389 e. The molecule has 2 fully saturated rings. The first-order chi connectivity index (χ1) is 10.1. The highest BCUT2D eigenvalue weighted by Crippen LogP contribution is 2.24. The van der Waals surface area contributed by atoms with Gasteiger partial charge in [-0.05, 0) is 53.5 Å². The van der Waals surface area contributed by atoms with Gasteiger partial charge in [0.05, 0.1) is 12.7 Å². The van der Waals surface area contributed by atoms with Crippen LogP contribution in [0.4, 0.5) is 5.69 Å². The first-order valence-corrected chi connectivity index (χ1v) is 8.52. The number of halogens is 1. The highest BCUT2D eigenvalue weighted by Gasteiger charge is 2.31. The molecule has 21 heavy (non-hydrogen) atoms. The van der Waals surface area contributed by atoms with Crippen LogP contribution in [-0.2, 0) is 4.74 Å². The number of fused-ring (bicyclic) bond motifs is 1. The molecule has 2 aliphatic rings. The summed E-state index contributed by atoms with van der Waals surface area (Å²) in [6.07, 6.45) is 2.85. The van der Waals surface area contributed by atoms with Crippen molar-refractivity contribution in [3.05, 3.63) is 28.2 Å². The summed E-state index contributed by atoms with van der Waals surface area (Å²) < 4.78 is 6.87. The molecule has 0 aliphatic carbocycles. The lowest BCUT2D eigenvalue weighted by Crippen LogP contribution is -2.48. The summed E-state index contributed by atoms with van der Waals surface area (Å²) in [5.41, 5.74) is 7.58. The Balaban J connectivity index is 1.55. The van der Waals surface area contributed by atoms with E-state index in [2.05, 4.69) is 26.1 Å². The molecule has 2 unspecified atom stereocenters. The fraction of sp³-hybridized carbons (Fsp3) is 0.533. The maximum absolute atomic E-state index is 5.95. The number of nitrogens with two attached hydrogens (primary N) is 1. The molecule has 4 nitrogen and oxygen atoms in total. The molecule has 6 heteroatoms. The third kappa shape index (κ3) is 3.56. The molecule has 1 aromatic carbocycles. The van der Waals surface area contributed by atoms with Crippen molar-refractivity contribution < 1.29 is 4.74 Å². The number of hydrogen-bond donors (Lipinski definition) is 2. The zero-order chi connectivity index (χ0) is 14.8. The Morgan fingerprint density at radius 3 is 3.14 bits per heavy atom. The molecule has 2 atom stereocenters. The van der Waals surface area contributed by atoms with Gasteiger partial charge < -0.3 is 15.8 Å². The smallest absolute Gasteiger partial charge is 0.105 e. The molecule has 0 radical (unpaired) electrons. The molecule has 0 amide bonds. The summed E-state index contributed by atoms with van der Waals surface area (Å²) in [6.45, 7) is 3.95. The van der Waals surface area contributed by atoms with Crippen LogP contribution >= 0.6 is 28.1 Å². The topological polar surface area (TPSA) is 50.5 Å². The summed E-state index contributed by atoms with van der Waals surface area (Å²) in [6, 6.07) is 6.60. The van der Waals surface area contributed by atoms with Gasteiger partial charge in [-0.25, -0.2) is 0 Å². The van der Waals surface area contributed by atoms with E-state index in [0.717, 1.165) is 35.4 Å². The number of ether oxygens (including phenoxy) is 1. The first-order valence-electron chi connectivity index (χ1n) is 7.32. The fourth-order valence-electron chi connectivity index (χ4n) is 3.07. The molecule has 0 spiro atoms. The minimum atomic E-state index is 0.258. The molecule has 0 aromatic heterocycles. The Kier molecular flexibility index (Phi) is 4.78. The van der Waals surface area contributed by atoms with Crippen LogP contribution in [0.5, 0.6) is 0 Å². The molecule has 0 bridgehead atoms. The van der Waals surface area contributed by atoms with Crippen LogP contribution < -0.4 is 11.1 Å². The number of nitrogens with one attached hydrogen (secondary N) is 1. The van der Waals surface area contributed by atoms with Gasteiger partial charge in [-0.15, -0.1) is 0 Å². The van der Waals surface area contributed by atoms with Gasteiger partial charge in [-0.1, -0.05) is 12.2 Å². The molecule has 114 valence electrons. The average molecular weight is 370 g/mol. The van der Waals surface area contributed by atoms with Crippen LogP contribution in [0.15, 0.2) is 22.7 Å². The third-order valence-corrected chi connectivity index (χ3v) is 5.11. The van der Waals surface area contributed by atoms with E-state index in [1.54, 1.807) is 0 Å². The molecular weight excluding hydrogens is 350 g/mol. The Hall–Kier alpha value is -0.690. The van der Waals surface area contributed by atoms with Crippen molar-refractivity contribution in [2.24, 2.45) is 5.73 Å². The lowest BCUT2D eigenvalue weighted by Gasteiger charge is -2.35. The third-order valence-electron chi connectivity index (χ3n) is 4.23. The molecule has 2 heterocycles. The van der Waals surface area contributed by atoms with Crippen molar-refractivity contribution in [2.45, 2.75) is 25.0 Å². The van der Waals surface area contributed by atoms with Gasteiger partial charge in [0.15, 0.2) is 0 Å². The largest absolute Gasteiger partial charge is 0.389 e. The van der Waals surface area contributed by atoms with Crippen molar-refractivity contribution in [3.8, 4) is 0 Å². The average Bonchev–Trinajstić information content (AvgIpc) is 2.92. The van der Waals surface area contributed by atoms with Gasteiger partial charge in [0.25, 0.3) is 0 Å². The zero-order valence-corrected chi connectivity index (χ0v) is 14.3. The van der Waals surface area contributed by atoms with Gasteiger partial charge in [-0.2, -0.15) is 0 Å². The van der Waals surface area contributed by atoms with Crippen LogP contribution in [0.1, 0.15) is 18.4 Å². The summed E-state index contributed by atoms with van der Waals surface area (Å²) >= 11 is 8.51. The van der Waals surface area contributed by atoms with E-state index < -0.39 is 0 Å². The van der Waals surface area contributed by atoms with Gasteiger partial charge >= 0.3 is 0 Å². The Morgan fingerprint density at radius 1 is 1.52 bits per heavy atom. The van der Waals surface area contributed by atoms with E-state index in [0.29, 0.717) is 11.0 Å². The molecule has 1 aromatic rings. The predicted molar refractivity (Wildman–Crippen MR) is 92.9 cm³/mol. The standard InChI is InChI=1S/C15H20BrN3OS/c16-14-6-10(3-4-13(14)15(17)21)18-7-12-8-19-5-1-2-11(19)9-20-12/h3-4,6,11-12,18H,1-2,5,7-9H2,(H2,17,21). The number of thiocarbonyl (C=S) groups is 1. The maximum Gasteiger partial charge on any atom is 0.105 e. The van der Waals surface area contributed by atoms with Gasteiger partial charge in [0.2, 0.25) is 0 Å². The molecule has 3 N–H and O–H groups in total. The quantitative estimate of drug-likeness (QED) is 0.797. The molecule has 2 aliphatic heterocycles. The van der Waals surface area contributed by atoms with Crippen LogP contribution in [0, 0.1) is 0 Å². The Morgan fingerprint density at radius 2 is 2.38 bits per heavy atom. The number of rotatable bonds is 4. The predicted octanol–water partition coefficient (Wildman–Crippen LogP) is 2.36.